The zero-order chi connectivity index (χ0) is 17.5. The summed E-state index contributed by atoms with van der Waals surface area (Å²) in [5.74, 6) is 0.0414. The minimum absolute atomic E-state index is 0.0726. The Morgan fingerprint density at radius 3 is 2.80 bits per heavy atom. The molecule has 0 aromatic carbocycles. The highest BCUT2D eigenvalue weighted by Gasteiger charge is 2.26. The quantitative estimate of drug-likeness (QED) is 0.907. The van der Waals surface area contributed by atoms with Gasteiger partial charge in [-0.25, -0.2) is 0 Å². The molecular weight excluding hydrogens is 318 g/mol. The van der Waals surface area contributed by atoms with Crippen LogP contribution in [-0.2, 0) is 4.79 Å². The maximum Gasteiger partial charge on any atom is 0.286 e. The van der Waals surface area contributed by atoms with Crippen LogP contribution in [0.15, 0.2) is 47.3 Å². The highest BCUT2D eigenvalue weighted by molar-refractivity contribution is 5.91. The van der Waals surface area contributed by atoms with E-state index in [1.54, 1.807) is 24.5 Å². The number of nitrogens with zero attached hydrogens (tertiary/aromatic N) is 2. The first-order valence-corrected chi connectivity index (χ1v) is 8.77. The summed E-state index contributed by atoms with van der Waals surface area (Å²) in [5.41, 5.74) is 1.13. The molecule has 2 aromatic heterocycles. The molecule has 1 aliphatic heterocycles. The third kappa shape index (κ3) is 4.47. The monoisotopic (exact) mass is 341 g/mol. The van der Waals surface area contributed by atoms with Crippen molar-refractivity contribution in [2.75, 3.05) is 13.1 Å². The van der Waals surface area contributed by atoms with Crippen LogP contribution in [-0.4, -0.2) is 34.8 Å². The lowest BCUT2D eigenvalue weighted by atomic mass is 10.0. The van der Waals surface area contributed by atoms with Crippen LogP contribution in [0.5, 0.6) is 0 Å². The Kier molecular flexibility index (Phi) is 5.82. The van der Waals surface area contributed by atoms with Gasteiger partial charge in [-0.2, -0.15) is 0 Å². The molecule has 0 saturated carbocycles. The highest BCUT2D eigenvalue weighted by Crippen LogP contribution is 2.30. The molecule has 3 rings (SSSR count). The summed E-state index contributed by atoms with van der Waals surface area (Å²) < 4.78 is 5.05. The molecular formula is C19H23N3O3. The summed E-state index contributed by atoms with van der Waals surface area (Å²) in [6.45, 7) is 1.07. The lowest BCUT2D eigenvalue weighted by molar-refractivity contribution is -0.133. The molecule has 6 nitrogen and oxygen atoms in total. The predicted molar refractivity (Wildman–Crippen MR) is 92.8 cm³/mol. The smallest absolute Gasteiger partial charge is 0.286 e. The lowest BCUT2D eigenvalue weighted by Crippen LogP contribution is -2.37. The fourth-order valence-electron chi connectivity index (χ4n) is 3.26. The van der Waals surface area contributed by atoms with Gasteiger partial charge in [0.25, 0.3) is 5.91 Å². The molecule has 1 saturated heterocycles. The average molecular weight is 341 g/mol. The first-order valence-electron chi connectivity index (χ1n) is 8.77. The van der Waals surface area contributed by atoms with Gasteiger partial charge in [0.05, 0.1) is 12.3 Å². The Hall–Kier alpha value is -2.63. The van der Waals surface area contributed by atoms with Crippen molar-refractivity contribution in [3.63, 3.8) is 0 Å². The summed E-state index contributed by atoms with van der Waals surface area (Å²) in [4.78, 5) is 30.6. The van der Waals surface area contributed by atoms with Crippen LogP contribution in [0, 0.1) is 0 Å². The van der Waals surface area contributed by atoms with E-state index in [1.165, 1.54) is 6.26 Å². The van der Waals surface area contributed by atoms with Gasteiger partial charge in [-0.1, -0.05) is 12.8 Å². The Labute approximate surface area is 147 Å². The molecule has 0 radical (unpaired) electrons. The maximum absolute atomic E-state index is 12.7. The highest BCUT2D eigenvalue weighted by atomic mass is 16.3. The van der Waals surface area contributed by atoms with Crippen molar-refractivity contribution >= 4 is 11.8 Å². The molecule has 0 spiro atoms. The fraction of sp³-hybridized carbons (Fsp3) is 0.421. The Balaban J connectivity index is 1.59. The summed E-state index contributed by atoms with van der Waals surface area (Å²) in [6, 6.07) is 7.32. The van der Waals surface area contributed by atoms with Crippen molar-refractivity contribution in [1.82, 2.24) is 15.2 Å². The van der Waals surface area contributed by atoms with Gasteiger partial charge in [0.1, 0.15) is 0 Å². The van der Waals surface area contributed by atoms with Gasteiger partial charge < -0.3 is 14.6 Å². The number of furan rings is 1. The molecule has 1 aliphatic rings. The maximum atomic E-state index is 12.7. The molecule has 0 aliphatic carbocycles. The molecule has 0 bridgehead atoms. The van der Waals surface area contributed by atoms with Gasteiger partial charge in [-0.3, -0.25) is 14.6 Å². The van der Waals surface area contributed by atoms with Crippen LogP contribution < -0.4 is 5.32 Å². The number of hydrogen-bond acceptors (Lipinski definition) is 4. The summed E-state index contributed by atoms with van der Waals surface area (Å²) in [5, 5.41) is 2.74. The zero-order valence-electron chi connectivity index (χ0n) is 14.2. The first kappa shape index (κ1) is 17.2. The Morgan fingerprint density at radius 1 is 1.20 bits per heavy atom. The van der Waals surface area contributed by atoms with Crippen molar-refractivity contribution < 1.29 is 14.0 Å². The number of nitrogens with one attached hydrogen (secondary N) is 1. The molecule has 2 amide bonds. The second kappa shape index (κ2) is 8.46. The van der Waals surface area contributed by atoms with E-state index >= 15 is 0 Å². The minimum Gasteiger partial charge on any atom is -0.459 e. The van der Waals surface area contributed by atoms with Gasteiger partial charge >= 0.3 is 0 Å². The van der Waals surface area contributed by atoms with E-state index in [1.807, 2.05) is 17.0 Å². The van der Waals surface area contributed by atoms with Gasteiger partial charge in [-0.05, 0) is 42.7 Å². The molecule has 1 N–H and O–H groups in total. The van der Waals surface area contributed by atoms with Crippen molar-refractivity contribution in [2.24, 2.45) is 0 Å². The van der Waals surface area contributed by atoms with Crippen molar-refractivity contribution in [1.29, 1.82) is 0 Å². The van der Waals surface area contributed by atoms with E-state index in [2.05, 4.69) is 10.3 Å². The minimum atomic E-state index is -0.292. The van der Waals surface area contributed by atoms with E-state index in [0.29, 0.717) is 6.54 Å². The van der Waals surface area contributed by atoms with Crippen LogP contribution in [0.25, 0.3) is 0 Å². The number of hydrogen-bond donors (Lipinski definition) is 1. The van der Waals surface area contributed by atoms with Gasteiger partial charge in [0, 0.05) is 31.9 Å². The molecule has 25 heavy (non-hydrogen) atoms. The second-order valence-electron chi connectivity index (χ2n) is 6.22. The number of aromatic nitrogens is 1. The van der Waals surface area contributed by atoms with E-state index in [-0.39, 0.29) is 30.0 Å². The third-order valence-corrected chi connectivity index (χ3v) is 4.53. The van der Waals surface area contributed by atoms with Gasteiger partial charge in [0.2, 0.25) is 5.91 Å². The van der Waals surface area contributed by atoms with Crippen LogP contribution in [0.1, 0.15) is 54.3 Å². The number of amides is 2. The van der Waals surface area contributed by atoms with E-state index in [4.69, 9.17) is 4.42 Å². The summed E-state index contributed by atoms with van der Waals surface area (Å²) in [6.07, 6.45) is 9.52. The summed E-state index contributed by atoms with van der Waals surface area (Å²) in [7, 11) is 0. The largest absolute Gasteiger partial charge is 0.459 e. The molecule has 1 unspecified atom stereocenters. The molecule has 3 heterocycles. The SMILES string of the molecule is O=C(NCCC(=O)N1CCCCCC1c1ccncc1)c1ccco1. The van der Waals surface area contributed by atoms with Crippen molar-refractivity contribution in [2.45, 2.75) is 38.1 Å². The number of carbonyl (C=O) groups is 2. The van der Waals surface area contributed by atoms with Crippen LogP contribution >= 0.6 is 0 Å². The second-order valence-corrected chi connectivity index (χ2v) is 6.22. The topological polar surface area (TPSA) is 75.4 Å². The van der Waals surface area contributed by atoms with Crippen molar-refractivity contribution in [3.8, 4) is 0 Å². The molecule has 132 valence electrons. The van der Waals surface area contributed by atoms with Crippen LogP contribution in [0.4, 0.5) is 0 Å². The van der Waals surface area contributed by atoms with E-state index in [9.17, 15) is 9.59 Å². The average Bonchev–Trinajstić information content (AvgIpc) is 3.07. The molecule has 6 heteroatoms. The number of pyridine rings is 1. The van der Waals surface area contributed by atoms with Gasteiger partial charge in [0.15, 0.2) is 5.76 Å². The molecule has 1 atom stereocenters. The van der Waals surface area contributed by atoms with E-state index in [0.717, 1.165) is 37.8 Å². The first-order chi connectivity index (χ1) is 12.3. The van der Waals surface area contributed by atoms with Gasteiger partial charge in [-0.15, -0.1) is 0 Å². The number of carbonyl (C=O) groups excluding carboxylic acids is 2. The normalized spacial score (nSPS) is 17.8. The van der Waals surface area contributed by atoms with E-state index < -0.39 is 0 Å². The van der Waals surface area contributed by atoms with Crippen LogP contribution in [0.3, 0.4) is 0 Å². The van der Waals surface area contributed by atoms with Crippen molar-refractivity contribution in [3.05, 3.63) is 54.2 Å². The lowest BCUT2D eigenvalue weighted by Gasteiger charge is -2.30. The molecule has 1 fully saturated rings. The standard InChI is InChI=1S/C19H23N3O3/c23-18(9-12-21-19(24)17-6-4-14-25-17)22-13-3-1-2-5-16(22)15-7-10-20-11-8-15/h4,6-8,10-11,14,16H,1-3,5,9,12-13H2,(H,21,24). The third-order valence-electron chi connectivity index (χ3n) is 4.53. The number of rotatable bonds is 5. The van der Waals surface area contributed by atoms with Crippen LogP contribution in [0.2, 0.25) is 0 Å². The number of likely N-dealkylation sites (tertiary alicyclic amines) is 1. The predicted octanol–water partition coefficient (Wildman–Crippen LogP) is 2.94. The Morgan fingerprint density at radius 2 is 2.04 bits per heavy atom. The zero-order valence-corrected chi connectivity index (χ0v) is 14.2. The molecule has 2 aromatic rings. The Bertz CT molecular complexity index is 685. The summed E-state index contributed by atoms with van der Waals surface area (Å²) >= 11 is 0. The fourth-order valence-corrected chi connectivity index (χ4v) is 3.26.